The van der Waals surface area contributed by atoms with Crippen LogP contribution in [0.2, 0.25) is 0 Å². The Morgan fingerprint density at radius 2 is 1.77 bits per heavy atom. The number of ether oxygens (including phenoxy) is 4. The van der Waals surface area contributed by atoms with E-state index >= 15 is 0 Å². The second-order valence-corrected chi connectivity index (χ2v) is 10.1. The number of primary amides is 1. The van der Waals surface area contributed by atoms with Crippen LogP contribution in [-0.2, 0) is 33.3 Å². The number of methoxy groups -OCH3 is 3. The Morgan fingerprint density at radius 3 is 2.35 bits per heavy atom. The normalized spacial score (nSPS) is 30.1. The summed E-state index contributed by atoms with van der Waals surface area (Å²) < 4.78 is 21.7. The number of hydrogen-bond donors (Lipinski definition) is 3. The molecule has 2 amide bonds. The number of carbonyl (C=O) groups is 4. The number of allylic oxidation sites excluding steroid dienone is 4. The van der Waals surface area contributed by atoms with Crippen molar-refractivity contribution < 1.29 is 43.2 Å². The van der Waals surface area contributed by atoms with Crippen LogP contribution in [0.4, 0.5) is 4.79 Å². The fourth-order valence-electron chi connectivity index (χ4n) is 4.78. The van der Waals surface area contributed by atoms with Crippen LogP contribution in [0, 0.1) is 11.8 Å². The molecular weight excluding hydrogens is 520 g/mol. The lowest BCUT2D eigenvalue weighted by atomic mass is 9.85. The van der Waals surface area contributed by atoms with Crippen molar-refractivity contribution in [2.24, 2.45) is 17.6 Å². The Labute approximate surface area is 234 Å². The zero-order valence-electron chi connectivity index (χ0n) is 24.1. The van der Waals surface area contributed by atoms with E-state index in [-0.39, 0.29) is 34.9 Å². The van der Waals surface area contributed by atoms with Crippen molar-refractivity contribution in [2.45, 2.75) is 65.0 Å². The van der Waals surface area contributed by atoms with Gasteiger partial charge in [-0.1, -0.05) is 38.2 Å². The largest absolute Gasteiger partial charge is 0.492 e. The van der Waals surface area contributed by atoms with Crippen LogP contribution in [0.25, 0.3) is 0 Å². The third-order valence-corrected chi connectivity index (χ3v) is 6.95. The number of carbonyl (C=O) groups excluding carboxylic acids is 4. The minimum Gasteiger partial charge on any atom is -0.492 e. The molecule has 2 rings (SSSR count). The molecule has 11 heteroatoms. The maximum Gasteiger partial charge on any atom is 0.405 e. The summed E-state index contributed by atoms with van der Waals surface area (Å²) in [5, 5.41) is 13.7. The number of rotatable bonds is 4. The summed E-state index contributed by atoms with van der Waals surface area (Å²) in [6.07, 6.45) is 3.61. The molecule has 1 aliphatic heterocycles. The Morgan fingerprint density at radius 1 is 1.10 bits per heavy atom. The third-order valence-electron chi connectivity index (χ3n) is 6.95. The zero-order chi connectivity index (χ0) is 30.1. The molecule has 0 aromatic heterocycles. The molecule has 0 saturated carbocycles. The molecule has 220 valence electrons. The van der Waals surface area contributed by atoms with Crippen LogP contribution in [0.1, 0.15) is 40.5 Å². The predicted molar refractivity (Wildman–Crippen MR) is 147 cm³/mol. The standard InChI is InChI=1S/C29H40N2O9/c1-15-11-19-25(34)20(14-21(32)27(19)39-7)31-28(35)16(2)9-8-10-22(37-5)26(40-29(30)36)18(4)13-17(3)24(33)23(12-15)38-6/h8-10,13-15,17,22-24,26,33H,11-12H2,1-7H3,(H2,30,36)(H,31,35)/b10-8+,16-9?,18-13?/t15-,17+,22+,23+,24-,26+/m1/s1. The van der Waals surface area contributed by atoms with Crippen LogP contribution in [0.5, 0.6) is 0 Å². The topological polar surface area (TPSA) is 163 Å². The molecule has 0 aromatic rings. The van der Waals surface area contributed by atoms with Crippen LogP contribution >= 0.6 is 0 Å². The van der Waals surface area contributed by atoms with Crippen molar-refractivity contribution in [3.8, 4) is 0 Å². The van der Waals surface area contributed by atoms with E-state index in [2.05, 4.69) is 5.32 Å². The van der Waals surface area contributed by atoms with Crippen LogP contribution in [0.3, 0.4) is 0 Å². The fraction of sp³-hybridized carbons (Fsp3) is 0.517. The monoisotopic (exact) mass is 560 g/mol. The number of nitrogens with one attached hydrogen (secondary N) is 1. The van der Waals surface area contributed by atoms with Gasteiger partial charge in [0.1, 0.15) is 6.10 Å². The zero-order valence-corrected chi connectivity index (χ0v) is 24.1. The summed E-state index contributed by atoms with van der Waals surface area (Å²) in [7, 11) is 4.21. The molecule has 0 spiro atoms. The second-order valence-electron chi connectivity index (χ2n) is 10.1. The molecule has 0 aromatic carbocycles. The maximum absolute atomic E-state index is 13.3. The Kier molecular flexibility index (Phi) is 12.0. The van der Waals surface area contributed by atoms with Gasteiger partial charge in [-0.15, -0.1) is 0 Å². The molecule has 1 aliphatic carbocycles. The van der Waals surface area contributed by atoms with Gasteiger partial charge in [-0.2, -0.15) is 0 Å². The highest BCUT2D eigenvalue weighted by molar-refractivity contribution is 6.23. The van der Waals surface area contributed by atoms with Gasteiger partial charge in [0, 0.05) is 37.4 Å². The summed E-state index contributed by atoms with van der Waals surface area (Å²) in [5.74, 6) is -2.39. The number of amides is 2. The molecule has 4 N–H and O–H groups in total. The third kappa shape index (κ3) is 8.23. The highest BCUT2D eigenvalue weighted by Gasteiger charge is 2.34. The van der Waals surface area contributed by atoms with E-state index in [1.54, 1.807) is 32.1 Å². The summed E-state index contributed by atoms with van der Waals surface area (Å²) in [5.41, 5.74) is 6.12. The second kappa shape index (κ2) is 14.7. The van der Waals surface area contributed by atoms with Crippen LogP contribution < -0.4 is 11.1 Å². The van der Waals surface area contributed by atoms with E-state index in [0.717, 1.165) is 6.08 Å². The van der Waals surface area contributed by atoms with Gasteiger partial charge in [-0.3, -0.25) is 14.4 Å². The van der Waals surface area contributed by atoms with E-state index in [4.69, 9.17) is 24.7 Å². The predicted octanol–water partition coefficient (Wildman–Crippen LogP) is 2.41. The number of aliphatic hydroxyl groups is 1. The van der Waals surface area contributed by atoms with Gasteiger partial charge in [0.25, 0.3) is 5.91 Å². The number of hydrogen-bond acceptors (Lipinski definition) is 9. The Balaban J connectivity index is 2.60. The van der Waals surface area contributed by atoms with Crippen LogP contribution in [0.15, 0.2) is 58.6 Å². The number of nitrogens with two attached hydrogens (primary N) is 1. The first-order valence-corrected chi connectivity index (χ1v) is 13.0. The molecular formula is C29H40N2O9. The molecule has 11 nitrogen and oxygen atoms in total. The van der Waals surface area contributed by atoms with Crippen molar-refractivity contribution in [1.82, 2.24) is 5.32 Å². The van der Waals surface area contributed by atoms with Crippen LogP contribution in [-0.4, -0.2) is 74.4 Å². The average Bonchev–Trinajstić information content (AvgIpc) is 2.90. The molecule has 2 aliphatic rings. The molecule has 0 saturated heterocycles. The van der Waals surface area contributed by atoms with Gasteiger partial charge < -0.3 is 35.1 Å². The lowest BCUT2D eigenvalue weighted by Gasteiger charge is -2.29. The average molecular weight is 561 g/mol. The number of aliphatic hydroxyl groups excluding tert-OH is 1. The molecule has 1 heterocycles. The van der Waals surface area contributed by atoms with Gasteiger partial charge in [-0.05, 0) is 38.2 Å². The minimum absolute atomic E-state index is 0.0801. The lowest BCUT2D eigenvalue weighted by Crippen LogP contribution is -2.37. The smallest absolute Gasteiger partial charge is 0.405 e. The molecule has 2 bridgehead atoms. The van der Waals surface area contributed by atoms with E-state index in [0.29, 0.717) is 12.0 Å². The van der Waals surface area contributed by atoms with E-state index in [1.165, 1.54) is 34.3 Å². The number of ketones is 2. The van der Waals surface area contributed by atoms with Gasteiger partial charge in [0.15, 0.2) is 11.9 Å². The van der Waals surface area contributed by atoms with Crippen molar-refractivity contribution >= 4 is 23.6 Å². The summed E-state index contributed by atoms with van der Waals surface area (Å²) in [6, 6.07) is 0. The Hall–Kier alpha value is -3.54. The fourth-order valence-corrected chi connectivity index (χ4v) is 4.78. The van der Waals surface area contributed by atoms with Gasteiger partial charge in [0.2, 0.25) is 11.6 Å². The molecule has 0 fully saturated rings. The molecule has 6 atom stereocenters. The lowest BCUT2D eigenvalue weighted by molar-refractivity contribution is -0.120. The van der Waals surface area contributed by atoms with Gasteiger partial charge >= 0.3 is 6.09 Å². The summed E-state index contributed by atoms with van der Waals surface area (Å²) in [6.45, 7) is 6.92. The maximum atomic E-state index is 13.3. The number of Topliss-reactive ketones (excluding diaryl/α,β-unsaturated/α-hetero) is 1. The first-order chi connectivity index (χ1) is 18.8. The first-order valence-electron chi connectivity index (χ1n) is 13.0. The van der Waals surface area contributed by atoms with Gasteiger partial charge in [0.05, 0.1) is 25.0 Å². The highest BCUT2D eigenvalue weighted by Crippen LogP contribution is 2.29. The SMILES string of the molecule is COC1=C2C[C@@H](C)C[C@H](OC)[C@H](O)[C@@H](C)C=C(C)[C@H](OC(N)=O)[C@@H](OC)/C=C/C=C(C)C(=O)NC(=CC1=O)C2=O. The van der Waals surface area contributed by atoms with E-state index in [1.807, 2.05) is 6.92 Å². The van der Waals surface area contributed by atoms with E-state index in [9.17, 15) is 24.3 Å². The van der Waals surface area contributed by atoms with Gasteiger partial charge in [-0.25, -0.2) is 4.79 Å². The summed E-state index contributed by atoms with van der Waals surface area (Å²) >= 11 is 0. The Bertz CT molecular complexity index is 1150. The quantitative estimate of drug-likeness (QED) is 0.346. The summed E-state index contributed by atoms with van der Waals surface area (Å²) in [4.78, 5) is 50.6. The number of fused-ring (bicyclic) bond motifs is 2. The minimum atomic E-state index is -1.00. The van der Waals surface area contributed by atoms with Crippen molar-refractivity contribution in [1.29, 1.82) is 0 Å². The molecule has 40 heavy (non-hydrogen) atoms. The highest BCUT2D eigenvalue weighted by atomic mass is 16.6. The van der Waals surface area contributed by atoms with E-state index < -0.39 is 53.9 Å². The van der Waals surface area contributed by atoms with Crippen molar-refractivity contribution in [2.75, 3.05) is 21.3 Å². The first kappa shape index (κ1) is 32.7. The van der Waals surface area contributed by atoms with Crippen molar-refractivity contribution in [3.63, 3.8) is 0 Å². The van der Waals surface area contributed by atoms with Crippen molar-refractivity contribution in [3.05, 3.63) is 58.6 Å². The molecule has 0 unspecified atom stereocenters. The molecule has 0 radical (unpaired) electrons.